The summed E-state index contributed by atoms with van der Waals surface area (Å²) in [4.78, 5) is 11.7. The van der Waals surface area contributed by atoms with Crippen molar-refractivity contribution >= 4 is 57.3 Å². The summed E-state index contributed by atoms with van der Waals surface area (Å²) in [5, 5.41) is 13.6. The quantitative estimate of drug-likeness (QED) is 0.380. The number of amides is 1. The second-order valence-corrected chi connectivity index (χ2v) is 6.61. The van der Waals surface area contributed by atoms with E-state index in [0.717, 1.165) is 18.3 Å². The number of carbonyl (C=O) groups is 1. The highest BCUT2D eigenvalue weighted by atomic mass is 127. The number of aromatic hydroxyl groups is 1. The Kier molecular flexibility index (Phi) is 5.97. The Morgan fingerprint density at radius 3 is 2.43 bits per heavy atom. The normalized spacial score (nSPS) is 10.8. The molecule has 0 saturated heterocycles. The van der Waals surface area contributed by atoms with Gasteiger partial charge in [-0.05, 0) is 68.4 Å². The topological polar surface area (TPSA) is 61.7 Å². The van der Waals surface area contributed by atoms with Crippen LogP contribution in [-0.2, 0) is 11.2 Å². The van der Waals surface area contributed by atoms with Crippen LogP contribution in [0.2, 0.25) is 0 Å². The van der Waals surface area contributed by atoms with Crippen LogP contribution in [0.25, 0.3) is 0 Å². The smallest absolute Gasteiger partial charge is 0.244 e. The molecule has 0 saturated carbocycles. The zero-order chi connectivity index (χ0) is 15.2. The largest absolute Gasteiger partial charge is 0.506 e. The summed E-state index contributed by atoms with van der Waals surface area (Å²) in [7, 11) is 0. The van der Waals surface area contributed by atoms with Crippen LogP contribution in [-0.4, -0.2) is 17.2 Å². The van der Waals surface area contributed by atoms with Gasteiger partial charge >= 0.3 is 0 Å². The number of hydrazone groups is 1. The average molecular weight is 506 g/mol. The Morgan fingerprint density at radius 2 is 1.81 bits per heavy atom. The Labute approximate surface area is 149 Å². The SMILES string of the molecule is O=C(Cc1ccccc1)NN=Cc1cc(I)c(O)c(I)c1. The lowest BCUT2D eigenvalue weighted by Gasteiger charge is -2.02. The summed E-state index contributed by atoms with van der Waals surface area (Å²) in [5.41, 5.74) is 4.26. The predicted octanol–water partition coefficient (Wildman–Crippen LogP) is 3.29. The van der Waals surface area contributed by atoms with Crippen LogP contribution >= 0.6 is 45.2 Å². The van der Waals surface area contributed by atoms with Crippen LogP contribution in [0.15, 0.2) is 47.6 Å². The first kappa shape index (κ1) is 16.2. The van der Waals surface area contributed by atoms with Crippen LogP contribution in [0.4, 0.5) is 0 Å². The summed E-state index contributed by atoms with van der Waals surface area (Å²) in [6, 6.07) is 13.1. The first-order chi connectivity index (χ1) is 10.1. The van der Waals surface area contributed by atoms with E-state index in [-0.39, 0.29) is 11.7 Å². The van der Waals surface area contributed by atoms with Gasteiger partial charge in [-0.1, -0.05) is 30.3 Å². The molecule has 2 N–H and O–H groups in total. The molecule has 0 aliphatic carbocycles. The fourth-order valence-electron chi connectivity index (χ4n) is 1.66. The third-order valence-corrected chi connectivity index (χ3v) is 4.29. The highest BCUT2D eigenvalue weighted by molar-refractivity contribution is 14.1. The lowest BCUT2D eigenvalue weighted by atomic mass is 10.1. The first-order valence-corrected chi connectivity index (χ1v) is 8.26. The monoisotopic (exact) mass is 506 g/mol. The molecule has 0 aromatic heterocycles. The lowest BCUT2D eigenvalue weighted by Crippen LogP contribution is -2.19. The zero-order valence-electron chi connectivity index (χ0n) is 10.9. The van der Waals surface area contributed by atoms with Crippen LogP contribution in [0.5, 0.6) is 5.75 Å². The number of rotatable bonds is 4. The van der Waals surface area contributed by atoms with Crippen LogP contribution < -0.4 is 5.43 Å². The van der Waals surface area contributed by atoms with Crippen molar-refractivity contribution in [1.29, 1.82) is 0 Å². The fraction of sp³-hybridized carbons (Fsp3) is 0.0667. The molecule has 2 aromatic rings. The van der Waals surface area contributed by atoms with Gasteiger partial charge in [-0.15, -0.1) is 0 Å². The Balaban J connectivity index is 1.95. The molecule has 21 heavy (non-hydrogen) atoms. The van der Waals surface area contributed by atoms with E-state index in [9.17, 15) is 9.90 Å². The van der Waals surface area contributed by atoms with Crippen molar-refractivity contribution in [2.75, 3.05) is 0 Å². The zero-order valence-corrected chi connectivity index (χ0v) is 15.2. The van der Waals surface area contributed by atoms with Gasteiger partial charge in [0.25, 0.3) is 0 Å². The second-order valence-electron chi connectivity index (χ2n) is 4.29. The average Bonchev–Trinajstić information content (AvgIpc) is 2.45. The Morgan fingerprint density at radius 1 is 1.19 bits per heavy atom. The molecule has 0 atom stereocenters. The minimum Gasteiger partial charge on any atom is -0.506 e. The lowest BCUT2D eigenvalue weighted by molar-refractivity contribution is -0.120. The molecule has 0 radical (unpaired) electrons. The highest BCUT2D eigenvalue weighted by Crippen LogP contribution is 2.26. The van der Waals surface area contributed by atoms with Crippen molar-refractivity contribution in [2.24, 2.45) is 5.10 Å². The Hall–Kier alpha value is -1.16. The Bertz CT molecular complexity index is 650. The summed E-state index contributed by atoms with van der Waals surface area (Å²) in [5.74, 6) is 0.0992. The van der Waals surface area contributed by atoms with Gasteiger partial charge < -0.3 is 5.11 Å². The molecule has 4 nitrogen and oxygen atoms in total. The van der Waals surface area contributed by atoms with Crippen molar-refractivity contribution in [2.45, 2.75) is 6.42 Å². The molecular weight excluding hydrogens is 494 g/mol. The van der Waals surface area contributed by atoms with Gasteiger partial charge in [-0.25, -0.2) is 5.43 Å². The predicted molar refractivity (Wildman–Crippen MR) is 99.4 cm³/mol. The van der Waals surface area contributed by atoms with E-state index >= 15 is 0 Å². The number of carbonyl (C=O) groups excluding carboxylic acids is 1. The molecule has 2 rings (SSSR count). The van der Waals surface area contributed by atoms with Gasteiger partial charge in [0, 0.05) is 0 Å². The molecule has 0 unspecified atom stereocenters. The van der Waals surface area contributed by atoms with E-state index in [0.29, 0.717) is 6.42 Å². The number of nitrogens with one attached hydrogen (secondary N) is 1. The van der Waals surface area contributed by atoms with Crippen LogP contribution in [0, 0.1) is 7.14 Å². The van der Waals surface area contributed by atoms with Gasteiger partial charge in [-0.2, -0.15) is 5.10 Å². The summed E-state index contributed by atoms with van der Waals surface area (Å²) >= 11 is 4.10. The van der Waals surface area contributed by atoms with E-state index < -0.39 is 0 Å². The third kappa shape index (κ3) is 4.95. The van der Waals surface area contributed by atoms with E-state index in [1.165, 1.54) is 0 Å². The van der Waals surface area contributed by atoms with E-state index in [4.69, 9.17) is 0 Å². The van der Waals surface area contributed by atoms with E-state index in [1.54, 1.807) is 18.3 Å². The molecular formula is C15H12I2N2O2. The van der Waals surface area contributed by atoms with Crippen LogP contribution in [0.3, 0.4) is 0 Å². The van der Waals surface area contributed by atoms with Crippen molar-refractivity contribution < 1.29 is 9.90 Å². The number of hydrogen-bond acceptors (Lipinski definition) is 3. The summed E-state index contributed by atoms with van der Waals surface area (Å²) in [6.45, 7) is 0. The summed E-state index contributed by atoms with van der Waals surface area (Å²) in [6.07, 6.45) is 1.86. The summed E-state index contributed by atoms with van der Waals surface area (Å²) < 4.78 is 1.49. The van der Waals surface area contributed by atoms with Crippen molar-refractivity contribution in [1.82, 2.24) is 5.43 Å². The molecule has 0 spiro atoms. The number of phenolic OH excluding ortho intramolecular Hbond substituents is 1. The maximum absolute atomic E-state index is 11.7. The van der Waals surface area contributed by atoms with E-state index in [2.05, 4.69) is 55.7 Å². The number of phenols is 1. The van der Waals surface area contributed by atoms with Gasteiger partial charge in [0.2, 0.25) is 5.91 Å². The second kappa shape index (κ2) is 7.74. The number of benzene rings is 2. The minimum absolute atomic E-state index is 0.166. The molecule has 2 aromatic carbocycles. The van der Waals surface area contributed by atoms with Gasteiger partial charge in [0.1, 0.15) is 5.75 Å². The van der Waals surface area contributed by atoms with Crippen molar-refractivity contribution in [3.63, 3.8) is 0 Å². The molecule has 6 heteroatoms. The molecule has 108 valence electrons. The van der Waals surface area contributed by atoms with E-state index in [1.807, 2.05) is 30.3 Å². The van der Waals surface area contributed by atoms with Crippen molar-refractivity contribution in [3.8, 4) is 5.75 Å². The maximum atomic E-state index is 11.7. The molecule has 0 fully saturated rings. The molecule has 0 bridgehead atoms. The maximum Gasteiger partial charge on any atom is 0.244 e. The molecule has 1 amide bonds. The first-order valence-electron chi connectivity index (χ1n) is 6.10. The fourth-order valence-corrected chi connectivity index (χ4v) is 3.48. The van der Waals surface area contributed by atoms with Gasteiger partial charge in [0.15, 0.2) is 0 Å². The molecule has 0 aliphatic heterocycles. The third-order valence-electron chi connectivity index (χ3n) is 2.65. The number of nitrogens with zero attached hydrogens (tertiary/aromatic N) is 1. The number of hydrogen-bond donors (Lipinski definition) is 2. The standard InChI is InChI=1S/C15H12I2N2O2/c16-12-6-11(7-13(17)15(12)21)9-18-19-14(20)8-10-4-2-1-3-5-10/h1-7,9,21H,8H2,(H,19,20). The molecule has 0 aliphatic rings. The van der Waals surface area contributed by atoms with Crippen molar-refractivity contribution in [3.05, 3.63) is 60.7 Å². The minimum atomic E-state index is -0.166. The number of halogens is 2. The highest BCUT2D eigenvalue weighted by Gasteiger charge is 2.05. The molecule has 0 heterocycles. The van der Waals surface area contributed by atoms with Gasteiger partial charge in [0.05, 0.1) is 19.8 Å². The van der Waals surface area contributed by atoms with Gasteiger partial charge in [-0.3, -0.25) is 4.79 Å². The van der Waals surface area contributed by atoms with Crippen LogP contribution in [0.1, 0.15) is 11.1 Å².